The lowest BCUT2D eigenvalue weighted by Gasteiger charge is -2.10. The number of halogens is 3. The average Bonchev–Trinajstić information content (AvgIpc) is 3.28. The molecule has 3 rings (SSSR count). The SMILES string of the molecule is Cc1nn(-c2cccc(C(F)(F)F)c2)c(C)c1CC(=O)OCCCn1cccn1. The number of hydrogen-bond acceptors (Lipinski definition) is 4. The van der Waals surface area contributed by atoms with Crippen molar-refractivity contribution in [3.63, 3.8) is 0 Å². The third kappa shape index (κ3) is 5.04. The van der Waals surface area contributed by atoms with Gasteiger partial charge in [0.2, 0.25) is 0 Å². The zero-order chi connectivity index (χ0) is 21.0. The number of rotatable bonds is 7. The maximum absolute atomic E-state index is 13.0. The molecule has 9 heteroatoms. The maximum Gasteiger partial charge on any atom is 0.416 e. The van der Waals surface area contributed by atoms with E-state index in [0.717, 1.165) is 12.1 Å². The molecule has 2 aromatic heterocycles. The summed E-state index contributed by atoms with van der Waals surface area (Å²) in [6.07, 6.45) is -0.279. The van der Waals surface area contributed by atoms with Crippen LogP contribution in [-0.4, -0.2) is 32.1 Å². The quantitative estimate of drug-likeness (QED) is 0.441. The Balaban J connectivity index is 1.65. The van der Waals surface area contributed by atoms with Crippen LogP contribution in [0.25, 0.3) is 5.69 Å². The number of nitrogens with zero attached hydrogens (tertiary/aromatic N) is 4. The summed E-state index contributed by atoms with van der Waals surface area (Å²) in [6, 6.07) is 6.75. The van der Waals surface area contributed by atoms with E-state index in [1.165, 1.54) is 10.7 Å². The van der Waals surface area contributed by atoms with Gasteiger partial charge in [-0.1, -0.05) is 6.07 Å². The summed E-state index contributed by atoms with van der Waals surface area (Å²) in [6.45, 7) is 4.35. The molecule has 0 aliphatic carbocycles. The molecule has 0 bridgehead atoms. The molecule has 0 saturated carbocycles. The van der Waals surface area contributed by atoms with Gasteiger partial charge in [0.15, 0.2) is 0 Å². The largest absolute Gasteiger partial charge is 0.465 e. The van der Waals surface area contributed by atoms with Crippen molar-refractivity contribution in [1.82, 2.24) is 19.6 Å². The molecule has 0 N–H and O–H groups in total. The number of benzene rings is 1. The van der Waals surface area contributed by atoms with Crippen LogP contribution in [0.3, 0.4) is 0 Å². The minimum absolute atomic E-state index is 0.0123. The highest BCUT2D eigenvalue weighted by Gasteiger charge is 2.30. The van der Waals surface area contributed by atoms with Gasteiger partial charge in [0.25, 0.3) is 0 Å². The van der Waals surface area contributed by atoms with E-state index < -0.39 is 17.7 Å². The Bertz CT molecular complexity index is 978. The van der Waals surface area contributed by atoms with Gasteiger partial charge in [0.1, 0.15) is 0 Å². The van der Waals surface area contributed by atoms with Crippen LogP contribution in [0.4, 0.5) is 13.2 Å². The predicted molar refractivity (Wildman–Crippen MR) is 99.5 cm³/mol. The van der Waals surface area contributed by atoms with E-state index in [2.05, 4.69) is 10.2 Å². The van der Waals surface area contributed by atoms with Crippen molar-refractivity contribution in [2.24, 2.45) is 0 Å². The highest BCUT2D eigenvalue weighted by atomic mass is 19.4. The van der Waals surface area contributed by atoms with Gasteiger partial charge >= 0.3 is 12.1 Å². The first-order chi connectivity index (χ1) is 13.8. The van der Waals surface area contributed by atoms with Gasteiger partial charge in [-0.3, -0.25) is 9.48 Å². The van der Waals surface area contributed by atoms with Crippen LogP contribution in [0.5, 0.6) is 0 Å². The van der Waals surface area contributed by atoms with E-state index >= 15 is 0 Å². The first-order valence-electron chi connectivity index (χ1n) is 9.11. The van der Waals surface area contributed by atoms with Crippen molar-refractivity contribution in [2.75, 3.05) is 6.61 Å². The van der Waals surface area contributed by atoms with Crippen molar-refractivity contribution >= 4 is 5.97 Å². The molecular weight excluding hydrogens is 385 g/mol. The molecule has 0 saturated heterocycles. The average molecular weight is 406 g/mol. The van der Waals surface area contributed by atoms with Crippen LogP contribution in [0, 0.1) is 13.8 Å². The van der Waals surface area contributed by atoms with Gasteiger partial charge < -0.3 is 4.74 Å². The molecule has 0 spiro atoms. The van der Waals surface area contributed by atoms with E-state index in [4.69, 9.17) is 4.74 Å². The smallest absolute Gasteiger partial charge is 0.416 e. The summed E-state index contributed by atoms with van der Waals surface area (Å²) in [4.78, 5) is 12.2. The van der Waals surface area contributed by atoms with Crippen molar-refractivity contribution in [1.29, 1.82) is 0 Å². The number of hydrogen-bond donors (Lipinski definition) is 0. The monoisotopic (exact) mass is 406 g/mol. The molecule has 2 heterocycles. The standard InChI is InChI=1S/C20H21F3N4O2/c1-14-18(13-19(28)29-11-5-10-26-9-4-8-24-26)15(2)27(25-14)17-7-3-6-16(12-17)20(21,22)23/h3-4,6-9,12H,5,10-11,13H2,1-2H3. The van der Waals surface area contributed by atoms with Gasteiger partial charge in [-0.2, -0.15) is 23.4 Å². The molecule has 0 aliphatic heterocycles. The summed E-state index contributed by atoms with van der Waals surface area (Å²) in [5, 5.41) is 8.39. The molecule has 0 fully saturated rings. The van der Waals surface area contributed by atoms with Crippen LogP contribution in [0.15, 0.2) is 42.7 Å². The van der Waals surface area contributed by atoms with E-state index in [1.807, 2.05) is 12.3 Å². The lowest BCUT2D eigenvalue weighted by molar-refractivity contribution is -0.143. The Morgan fingerprint density at radius 1 is 1.21 bits per heavy atom. The second-order valence-corrected chi connectivity index (χ2v) is 6.63. The normalized spacial score (nSPS) is 11.6. The first-order valence-corrected chi connectivity index (χ1v) is 9.11. The molecule has 3 aromatic rings. The lowest BCUT2D eigenvalue weighted by atomic mass is 10.1. The Morgan fingerprint density at radius 3 is 2.69 bits per heavy atom. The summed E-state index contributed by atoms with van der Waals surface area (Å²) in [7, 11) is 0. The lowest BCUT2D eigenvalue weighted by Crippen LogP contribution is -2.12. The number of aryl methyl sites for hydroxylation is 2. The summed E-state index contributed by atoms with van der Waals surface area (Å²) in [5.74, 6) is -0.403. The van der Waals surface area contributed by atoms with E-state index in [9.17, 15) is 18.0 Å². The minimum atomic E-state index is -4.44. The van der Waals surface area contributed by atoms with Gasteiger partial charge in [0, 0.05) is 36.6 Å². The number of carbonyl (C=O) groups is 1. The van der Waals surface area contributed by atoms with Crippen LogP contribution >= 0.6 is 0 Å². The van der Waals surface area contributed by atoms with Crippen LogP contribution < -0.4 is 0 Å². The second-order valence-electron chi connectivity index (χ2n) is 6.63. The Morgan fingerprint density at radius 2 is 2.00 bits per heavy atom. The van der Waals surface area contributed by atoms with Crippen LogP contribution in [-0.2, 0) is 28.7 Å². The maximum atomic E-state index is 13.0. The summed E-state index contributed by atoms with van der Waals surface area (Å²) < 4.78 is 47.4. The topological polar surface area (TPSA) is 61.9 Å². The first kappa shape index (κ1) is 20.6. The van der Waals surface area contributed by atoms with E-state index in [-0.39, 0.29) is 13.0 Å². The van der Waals surface area contributed by atoms with Gasteiger partial charge in [-0.05, 0) is 38.1 Å². The Kier molecular flexibility index (Phi) is 6.05. The number of carbonyl (C=O) groups excluding carboxylic acids is 1. The predicted octanol–water partition coefficient (Wildman–Crippen LogP) is 3.88. The zero-order valence-electron chi connectivity index (χ0n) is 16.1. The van der Waals surface area contributed by atoms with E-state index in [0.29, 0.717) is 35.6 Å². The second kappa shape index (κ2) is 8.50. The van der Waals surface area contributed by atoms with Crippen LogP contribution in [0.2, 0.25) is 0 Å². The molecule has 0 unspecified atom stereocenters. The molecule has 1 aromatic carbocycles. The molecule has 0 aliphatic rings. The summed E-state index contributed by atoms with van der Waals surface area (Å²) in [5.41, 5.74) is 1.38. The fourth-order valence-electron chi connectivity index (χ4n) is 3.04. The van der Waals surface area contributed by atoms with Crippen molar-refractivity contribution in [3.05, 3.63) is 65.2 Å². The number of alkyl halides is 3. The van der Waals surface area contributed by atoms with Crippen molar-refractivity contribution < 1.29 is 22.7 Å². The third-order valence-corrected chi connectivity index (χ3v) is 4.53. The number of esters is 1. The number of ether oxygens (including phenoxy) is 1. The zero-order valence-corrected chi connectivity index (χ0v) is 16.1. The van der Waals surface area contributed by atoms with Crippen LogP contribution in [0.1, 0.15) is 28.9 Å². The fraction of sp³-hybridized carbons (Fsp3) is 0.350. The highest BCUT2D eigenvalue weighted by Crippen LogP contribution is 2.30. The highest BCUT2D eigenvalue weighted by molar-refractivity contribution is 5.73. The molecule has 0 atom stereocenters. The van der Waals surface area contributed by atoms with Gasteiger partial charge in [-0.15, -0.1) is 0 Å². The molecule has 6 nitrogen and oxygen atoms in total. The fourth-order valence-corrected chi connectivity index (χ4v) is 3.04. The Labute approximate surface area is 165 Å². The molecular formula is C20H21F3N4O2. The number of aromatic nitrogens is 4. The Hall–Kier alpha value is -3.10. The molecule has 154 valence electrons. The minimum Gasteiger partial charge on any atom is -0.465 e. The van der Waals surface area contributed by atoms with Gasteiger partial charge in [0.05, 0.1) is 30.0 Å². The molecule has 0 radical (unpaired) electrons. The van der Waals surface area contributed by atoms with Gasteiger partial charge in [-0.25, -0.2) is 4.68 Å². The summed E-state index contributed by atoms with van der Waals surface area (Å²) >= 11 is 0. The van der Waals surface area contributed by atoms with Crippen molar-refractivity contribution in [2.45, 2.75) is 39.4 Å². The molecule has 0 amide bonds. The van der Waals surface area contributed by atoms with Crippen molar-refractivity contribution in [3.8, 4) is 5.69 Å². The third-order valence-electron chi connectivity index (χ3n) is 4.53. The van der Waals surface area contributed by atoms with E-state index in [1.54, 1.807) is 30.8 Å². The molecule has 29 heavy (non-hydrogen) atoms.